The number of aryl methyl sites for hydroxylation is 2. The van der Waals surface area contributed by atoms with Crippen molar-refractivity contribution in [2.75, 3.05) is 10.6 Å². The van der Waals surface area contributed by atoms with Crippen LogP contribution >= 0.6 is 11.6 Å². The summed E-state index contributed by atoms with van der Waals surface area (Å²) in [6, 6.07) is 14.2. The van der Waals surface area contributed by atoms with Gasteiger partial charge < -0.3 is 15.4 Å². The summed E-state index contributed by atoms with van der Waals surface area (Å²) >= 11 is 5.75. The summed E-state index contributed by atoms with van der Waals surface area (Å²) in [4.78, 5) is 25.5. The predicted molar refractivity (Wildman–Crippen MR) is 130 cm³/mol. The average Bonchev–Trinajstić information content (AvgIpc) is 2.83. The van der Waals surface area contributed by atoms with Gasteiger partial charge in [0.25, 0.3) is 0 Å². The summed E-state index contributed by atoms with van der Waals surface area (Å²) in [5.41, 5.74) is 3.19. The van der Waals surface area contributed by atoms with E-state index >= 15 is 0 Å². The van der Waals surface area contributed by atoms with Crippen molar-refractivity contribution in [3.63, 3.8) is 0 Å². The zero-order chi connectivity index (χ0) is 24.1. The molecule has 7 nitrogen and oxygen atoms in total. The molecular weight excluding hydrogens is 457 g/mol. The van der Waals surface area contributed by atoms with Crippen LogP contribution in [0.3, 0.4) is 0 Å². The van der Waals surface area contributed by atoms with Crippen LogP contribution in [0.2, 0.25) is 5.02 Å². The first-order valence-corrected chi connectivity index (χ1v) is 10.9. The lowest BCUT2D eigenvalue weighted by Gasteiger charge is -2.13. The molecule has 4 aromatic rings. The minimum Gasteiger partial charge on any atom is -0.438 e. The Morgan fingerprint density at radius 2 is 1.79 bits per heavy atom. The van der Waals surface area contributed by atoms with Gasteiger partial charge in [-0.1, -0.05) is 18.5 Å². The molecule has 9 heteroatoms. The molecule has 2 aromatic carbocycles. The minimum atomic E-state index is -0.555. The number of urea groups is 1. The summed E-state index contributed by atoms with van der Waals surface area (Å²) in [5.74, 6) is 1.18. The molecule has 2 amide bonds. The average molecular weight is 478 g/mol. The number of ether oxygens (including phenoxy) is 1. The molecule has 0 saturated carbocycles. The van der Waals surface area contributed by atoms with Gasteiger partial charge in [-0.05, 0) is 67.1 Å². The van der Waals surface area contributed by atoms with Crippen LogP contribution < -0.4 is 15.4 Å². The van der Waals surface area contributed by atoms with E-state index in [1.807, 2.05) is 32.0 Å². The molecule has 2 N–H and O–H groups in total. The topological polar surface area (TPSA) is 89.0 Å². The third-order valence-corrected chi connectivity index (χ3v) is 5.18. The highest BCUT2D eigenvalue weighted by Gasteiger charge is 2.13. The number of anilines is 2. The van der Waals surface area contributed by atoms with E-state index in [9.17, 15) is 9.18 Å². The van der Waals surface area contributed by atoms with Crippen molar-refractivity contribution in [3.8, 4) is 22.9 Å². The number of aromatic nitrogens is 3. The quantitative estimate of drug-likeness (QED) is 0.325. The van der Waals surface area contributed by atoms with Crippen LogP contribution in [-0.4, -0.2) is 21.0 Å². The maximum atomic E-state index is 13.3. The van der Waals surface area contributed by atoms with E-state index in [1.54, 1.807) is 30.6 Å². The van der Waals surface area contributed by atoms with Crippen LogP contribution in [0.1, 0.15) is 18.3 Å². The highest BCUT2D eigenvalue weighted by Crippen LogP contribution is 2.32. The van der Waals surface area contributed by atoms with Crippen LogP contribution in [-0.2, 0) is 6.42 Å². The van der Waals surface area contributed by atoms with Gasteiger partial charge in [0, 0.05) is 30.2 Å². The monoisotopic (exact) mass is 477 g/mol. The molecule has 0 aliphatic rings. The van der Waals surface area contributed by atoms with Crippen LogP contribution in [0.4, 0.5) is 20.6 Å². The van der Waals surface area contributed by atoms with Gasteiger partial charge >= 0.3 is 6.03 Å². The number of carbonyl (C=O) groups is 1. The lowest BCUT2D eigenvalue weighted by molar-refractivity contribution is 0.262. The van der Waals surface area contributed by atoms with Crippen LogP contribution in [0.25, 0.3) is 11.3 Å². The maximum absolute atomic E-state index is 13.3. The molecule has 0 aliphatic heterocycles. The first-order valence-electron chi connectivity index (χ1n) is 10.5. The van der Waals surface area contributed by atoms with Crippen LogP contribution in [0, 0.1) is 12.7 Å². The Kier molecular flexibility index (Phi) is 6.98. The normalized spacial score (nSPS) is 10.6. The summed E-state index contributed by atoms with van der Waals surface area (Å²) in [5, 5.41) is 5.27. The molecule has 2 aromatic heterocycles. The summed E-state index contributed by atoms with van der Waals surface area (Å²) in [7, 11) is 0. The van der Waals surface area contributed by atoms with Gasteiger partial charge in [-0.25, -0.2) is 24.1 Å². The summed E-state index contributed by atoms with van der Waals surface area (Å²) in [6.45, 7) is 3.86. The zero-order valence-electron chi connectivity index (χ0n) is 18.5. The molecule has 34 heavy (non-hydrogen) atoms. The predicted octanol–water partition coefficient (Wildman–Crippen LogP) is 6.64. The van der Waals surface area contributed by atoms with Crippen LogP contribution in [0.15, 0.2) is 67.0 Å². The Bertz CT molecular complexity index is 1350. The van der Waals surface area contributed by atoms with Crippen molar-refractivity contribution >= 4 is 29.0 Å². The van der Waals surface area contributed by atoms with E-state index in [-0.39, 0.29) is 5.02 Å². The number of pyridine rings is 1. The Hall–Kier alpha value is -4.04. The van der Waals surface area contributed by atoms with Crippen molar-refractivity contribution in [2.24, 2.45) is 0 Å². The van der Waals surface area contributed by atoms with Gasteiger partial charge in [0.2, 0.25) is 5.88 Å². The van der Waals surface area contributed by atoms with Crippen molar-refractivity contribution in [1.29, 1.82) is 0 Å². The van der Waals surface area contributed by atoms with Crippen molar-refractivity contribution < 1.29 is 13.9 Å². The molecule has 4 rings (SSSR count). The molecule has 0 bridgehead atoms. The van der Waals surface area contributed by atoms with Crippen molar-refractivity contribution in [1.82, 2.24) is 15.0 Å². The SMILES string of the molecule is CCc1nccc(-c2cccnc2Oc2ccc(NC(=O)Nc3ccc(F)c(Cl)c3)cc2C)n1. The number of hydrogen-bond donors (Lipinski definition) is 2. The molecule has 0 spiro atoms. The molecule has 0 fully saturated rings. The Labute approximate surface area is 201 Å². The number of rotatable bonds is 6. The highest BCUT2D eigenvalue weighted by atomic mass is 35.5. The van der Waals surface area contributed by atoms with Gasteiger partial charge in [0.15, 0.2) is 0 Å². The minimum absolute atomic E-state index is 0.0723. The number of nitrogens with one attached hydrogen (secondary N) is 2. The molecule has 0 atom stereocenters. The van der Waals surface area contributed by atoms with E-state index in [1.165, 1.54) is 18.2 Å². The number of benzene rings is 2. The van der Waals surface area contributed by atoms with Crippen molar-refractivity contribution in [2.45, 2.75) is 20.3 Å². The fourth-order valence-electron chi connectivity index (χ4n) is 3.20. The van der Waals surface area contributed by atoms with E-state index < -0.39 is 11.8 Å². The number of halogens is 2. The van der Waals surface area contributed by atoms with E-state index in [2.05, 4.69) is 25.6 Å². The fourth-order valence-corrected chi connectivity index (χ4v) is 3.38. The van der Waals surface area contributed by atoms with E-state index in [0.29, 0.717) is 23.0 Å². The summed E-state index contributed by atoms with van der Waals surface area (Å²) in [6.07, 6.45) is 4.09. The third-order valence-electron chi connectivity index (χ3n) is 4.89. The second-order valence-corrected chi connectivity index (χ2v) is 7.77. The highest BCUT2D eigenvalue weighted by molar-refractivity contribution is 6.31. The zero-order valence-corrected chi connectivity index (χ0v) is 19.2. The molecule has 172 valence electrons. The number of hydrogen-bond acceptors (Lipinski definition) is 5. The number of carbonyl (C=O) groups excluding carboxylic acids is 1. The molecule has 2 heterocycles. The van der Waals surface area contributed by atoms with Gasteiger partial charge in [0.1, 0.15) is 17.4 Å². The second-order valence-electron chi connectivity index (χ2n) is 7.36. The molecule has 0 saturated heterocycles. The molecule has 0 aliphatic carbocycles. The van der Waals surface area contributed by atoms with Crippen LogP contribution in [0.5, 0.6) is 11.6 Å². The standard InChI is InChI=1S/C25H21ClFN5O2/c1-3-23-28-12-10-21(32-23)18-5-4-11-29-24(18)34-22-9-7-16(13-15(22)2)30-25(33)31-17-6-8-20(27)19(26)14-17/h4-14H,3H2,1-2H3,(H2,30,31,33). The smallest absolute Gasteiger partial charge is 0.323 e. The lowest BCUT2D eigenvalue weighted by Crippen LogP contribution is -2.19. The Balaban J connectivity index is 1.49. The van der Waals surface area contributed by atoms with Gasteiger partial charge in [-0.15, -0.1) is 0 Å². The first kappa shape index (κ1) is 23.1. The van der Waals surface area contributed by atoms with E-state index in [0.717, 1.165) is 29.1 Å². The van der Waals surface area contributed by atoms with Gasteiger partial charge in [-0.2, -0.15) is 0 Å². The van der Waals surface area contributed by atoms with Crippen molar-refractivity contribution in [3.05, 3.63) is 89.2 Å². The van der Waals surface area contributed by atoms with Gasteiger partial charge in [0.05, 0.1) is 16.3 Å². The molecule has 0 radical (unpaired) electrons. The number of amides is 2. The van der Waals surface area contributed by atoms with Gasteiger partial charge in [-0.3, -0.25) is 0 Å². The fraction of sp³-hybridized carbons (Fsp3) is 0.120. The molecule has 0 unspecified atom stereocenters. The molecular formula is C25H21ClFN5O2. The largest absolute Gasteiger partial charge is 0.438 e. The lowest BCUT2D eigenvalue weighted by atomic mass is 10.1. The third kappa shape index (κ3) is 5.47. The Morgan fingerprint density at radius 1 is 1.03 bits per heavy atom. The maximum Gasteiger partial charge on any atom is 0.323 e. The van der Waals surface area contributed by atoms with E-state index in [4.69, 9.17) is 16.3 Å². The second kappa shape index (κ2) is 10.3. The Morgan fingerprint density at radius 3 is 2.53 bits per heavy atom. The number of nitrogens with zero attached hydrogens (tertiary/aromatic N) is 3. The first-order chi connectivity index (χ1) is 16.4. The summed E-state index contributed by atoms with van der Waals surface area (Å²) < 4.78 is 19.4.